The highest BCUT2D eigenvalue weighted by Crippen LogP contribution is 2.37. The lowest BCUT2D eigenvalue weighted by Crippen LogP contribution is -2.42. The summed E-state index contributed by atoms with van der Waals surface area (Å²) in [4.78, 5) is 0.0779. The molecule has 0 bridgehead atoms. The summed E-state index contributed by atoms with van der Waals surface area (Å²) >= 11 is 0. The van der Waals surface area contributed by atoms with Gasteiger partial charge in [-0.25, -0.2) is 12.8 Å². The normalized spacial score (nSPS) is 17.1. The number of fused-ring (bicyclic) bond motifs is 1. The summed E-state index contributed by atoms with van der Waals surface area (Å²) in [5.41, 5.74) is 1.22. The molecule has 0 unspecified atom stereocenters. The third-order valence-electron chi connectivity index (χ3n) is 4.43. The SMILES string of the molecule is COc1ccc(S(=O)(=O)N2c3cc(F)ccc3CC[C@H]2C)cc1OC. The Morgan fingerprint density at radius 3 is 2.48 bits per heavy atom. The van der Waals surface area contributed by atoms with Crippen LogP contribution in [-0.2, 0) is 16.4 Å². The minimum atomic E-state index is -3.87. The summed E-state index contributed by atoms with van der Waals surface area (Å²) in [5, 5.41) is 0. The van der Waals surface area contributed by atoms with E-state index in [0.29, 0.717) is 30.0 Å². The van der Waals surface area contributed by atoms with Crippen molar-refractivity contribution in [3.05, 3.63) is 47.8 Å². The highest BCUT2D eigenvalue weighted by atomic mass is 32.2. The second-order valence-electron chi connectivity index (χ2n) is 5.98. The number of ether oxygens (including phenoxy) is 2. The molecule has 2 aromatic rings. The van der Waals surface area contributed by atoms with Gasteiger partial charge < -0.3 is 9.47 Å². The molecule has 0 saturated carbocycles. The lowest BCUT2D eigenvalue weighted by atomic mass is 9.99. The molecule has 7 heteroatoms. The number of benzene rings is 2. The van der Waals surface area contributed by atoms with Crippen LogP contribution in [0.25, 0.3) is 0 Å². The number of rotatable bonds is 4. The standard InChI is InChI=1S/C18H20FNO4S/c1-12-4-5-13-6-7-14(19)10-16(13)20(12)25(21,22)15-8-9-17(23-2)18(11-15)24-3/h6-12H,4-5H2,1-3H3/t12-/m1/s1. The first-order chi connectivity index (χ1) is 11.9. The minimum Gasteiger partial charge on any atom is -0.493 e. The summed E-state index contributed by atoms with van der Waals surface area (Å²) < 4.78 is 51.9. The van der Waals surface area contributed by atoms with Gasteiger partial charge >= 0.3 is 0 Å². The van der Waals surface area contributed by atoms with E-state index in [1.165, 1.54) is 42.8 Å². The number of sulfonamides is 1. The Bertz CT molecular complexity index is 898. The monoisotopic (exact) mass is 365 g/mol. The predicted molar refractivity (Wildman–Crippen MR) is 93.4 cm³/mol. The average Bonchev–Trinajstić information content (AvgIpc) is 2.60. The highest BCUT2D eigenvalue weighted by molar-refractivity contribution is 7.92. The van der Waals surface area contributed by atoms with Gasteiger partial charge in [0, 0.05) is 12.1 Å². The van der Waals surface area contributed by atoms with Crippen LogP contribution >= 0.6 is 0 Å². The topological polar surface area (TPSA) is 55.8 Å². The van der Waals surface area contributed by atoms with E-state index in [0.717, 1.165) is 5.56 Å². The van der Waals surface area contributed by atoms with Gasteiger partial charge in [-0.05, 0) is 49.6 Å². The van der Waals surface area contributed by atoms with E-state index < -0.39 is 15.8 Å². The fourth-order valence-corrected chi connectivity index (χ4v) is 4.86. The van der Waals surface area contributed by atoms with Crippen molar-refractivity contribution in [2.24, 2.45) is 0 Å². The van der Waals surface area contributed by atoms with Crippen molar-refractivity contribution >= 4 is 15.7 Å². The maximum absolute atomic E-state index is 13.7. The van der Waals surface area contributed by atoms with Crippen molar-refractivity contribution in [1.82, 2.24) is 0 Å². The summed E-state index contributed by atoms with van der Waals surface area (Å²) in [5.74, 6) is 0.313. The van der Waals surface area contributed by atoms with Crippen LogP contribution in [0.1, 0.15) is 18.9 Å². The van der Waals surface area contributed by atoms with Crippen LogP contribution in [0, 0.1) is 5.82 Å². The lowest BCUT2D eigenvalue weighted by Gasteiger charge is -2.36. The van der Waals surface area contributed by atoms with Crippen LogP contribution in [0.5, 0.6) is 11.5 Å². The van der Waals surface area contributed by atoms with Crippen molar-refractivity contribution in [1.29, 1.82) is 0 Å². The van der Waals surface area contributed by atoms with E-state index in [2.05, 4.69) is 0 Å². The number of aryl methyl sites for hydroxylation is 1. The maximum atomic E-state index is 13.7. The van der Waals surface area contributed by atoms with E-state index in [-0.39, 0.29) is 10.9 Å². The Labute approximate surface area is 147 Å². The van der Waals surface area contributed by atoms with Crippen molar-refractivity contribution in [3.8, 4) is 11.5 Å². The number of anilines is 1. The van der Waals surface area contributed by atoms with Crippen LogP contribution in [-0.4, -0.2) is 28.7 Å². The van der Waals surface area contributed by atoms with Crippen molar-refractivity contribution in [3.63, 3.8) is 0 Å². The van der Waals surface area contributed by atoms with E-state index in [1.54, 1.807) is 12.1 Å². The van der Waals surface area contributed by atoms with Crippen molar-refractivity contribution < 1.29 is 22.3 Å². The lowest BCUT2D eigenvalue weighted by molar-refractivity contribution is 0.354. The molecule has 134 valence electrons. The molecule has 5 nitrogen and oxygen atoms in total. The number of nitrogens with zero attached hydrogens (tertiary/aromatic N) is 1. The molecule has 0 radical (unpaired) electrons. The fraction of sp³-hybridized carbons (Fsp3) is 0.333. The fourth-order valence-electron chi connectivity index (χ4n) is 3.13. The first kappa shape index (κ1) is 17.5. The molecule has 0 saturated heterocycles. The summed E-state index contributed by atoms with van der Waals surface area (Å²) in [7, 11) is -0.937. The molecular formula is C18H20FNO4S. The quantitative estimate of drug-likeness (QED) is 0.834. The van der Waals surface area contributed by atoms with Gasteiger partial charge in [-0.2, -0.15) is 0 Å². The van der Waals surface area contributed by atoms with Crippen LogP contribution in [0.3, 0.4) is 0 Å². The van der Waals surface area contributed by atoms with Crippen molar-refractivity contribution in [2.75, 3.05) is 18.5 Å². The molecule has 0 aromatic heterocycles. The molecule has 0 amide bonds. The van der Waals surface area contributed by atoms with Gasteiger partial charge in [-0.3, -0.25) is 4.31 Å². The predicted octanol–water partition coefficient (Wildman–Crippen LogP) is 3.37. The van der Waals surface area contributed by atoms with Gasteiger partial charge in [0.1, 0.15) is 5.82 Å². The second-order valence-corrected chi connectivity index (χ2v) is 7.79. The second kappa shape index (κ2) is 6.55. The van der Waals surface area contributed by atoms with Crippen LogP contribution in [0.2, 0.25) is 0 Å². The summed E-state index contributed by atoms with van der Waals surface area (Å²) in [6.45, 7) is 1.83. The third-order valence-corrected chi connectivity index (χ3v) is 6.35. The van der Waals surface area contributed by atoms with Gasteiger partial charge in [0.15, 0.2) is 11.5 Å². The molecule has 3 rings (SSSR count). The molecule has 1 heterocycles. The third kappa shape index (κ3) is 3.04. The maximum Gasteiger partial charge on any atom is 0.264 e. The number of methoxy groups -OCH3 is 2. The van der Waals surface area contributed by atoms with Gasteiger partial charge in [0.2, 0.25) is 0 Å². The number of hydrogen-bond donors (Lipinski definition) is 0. The average molecular weight is 365 g/mol. The molecule has 1 atom stereocenters. The van der Waals surface area contributed by atoms with Gasteiger partial charge in [-0.15, -0.1) is 0 Å². The molecule has 0 aliphatic carbocycles. The Kier molecular flexibility index (Phi) is 4.60. The number of halogens is 1. The molecule has 0 fully saturated rings. The first-order valence-electron chi connectivity index (χ1n) is 7.93. The Morgan fingerprint density at radius 1 is 1.08 bits per heavy atom. The van der Waals surface area contributed by atoms with Crippen LogP contribution in [0.15, 0.2) is 41.3 Å². The van der Waals surface area contributed by atoms with E-state index in [9.17, 15) is 12.8 Å². The zero-order valence-electron chi connectivity index (χ0n) is 14.3. The minimum absolute atomic E-state index is 0.0779. The molecule has 25 heavy (non-hydrogen) atoms. The largest absolute Gasteiger partial charge is 0.493 e. The molecule has 1 aliphatic rings. The smallest absolute Gasteiger partial charge is 0.264 e. The molecule has 0 N–H and O–H groups in total. The number of hydrogen-bond acceptors (Lipinski definition) is 4. The van der Waals surface area contributed by atoms with E-state index >= 15 is 0 Å². The van der Waals surface area contributed by atoms with Crippen LogP contribution < -0.4 is 13.8 Å². The van der Waals surface area contributed by atoms with Crippen LogP contribution in [0.4, 0.5) is 10.1 Å². The van der Waals surface area contributed by atoms with E-state index in [1.807, 2.05) is 6.92 Å². The zero-order valence-corrected chi connectivity index (χ0v) is 15.1. The summed E-state index contributed by atoms with van der Waals surface area (Å²) in [6.07, 6.45) is 1.39. The van der Waals surface area contributed by atoms with Crippen molar-refractivity contribution in [2.45, 2.75) is 30.7 Å². The molecular weight excluding hydrogens is 345 g/mol. The van der Waals surface area contributed by atoms with Gasteiger partial charge in [0.05, 0.1) is 24.8 Å². The zero-order chi connectivity index (χ0) is 18.2. The first-order valence-corrected chi connectivity index (χ1v) is 9.37. The Balaban J connectivity index is 2.13. The van der Waals surface area contributed by atoms with Gasteiger partial charge in [0.25, 0.3) is 10.0 Å². The van der Waals surface area contributed by atoms with Gasteiger partial charge in [-0.1, -0.05) is 6.07 Å². The summed E-state index contributed by atoms with van der Waals surface area (Å²) in [6, 6.07) is 8.46. The molecule has 0 spiro atoms. The Hall–Kier alpha value is -2.28. The molecule has 1 aliphatic heterocycles. The Morgan fingerprint density at radius 2 is 1.80 bits per heavy atom. The molecule has 2 aromatic carbocycles. The van der Waals surface area contributed by atoms with E-state index in [4.69, 9.17) is 9.47 Å². The highest BCUT2D eigenvalue weighted by Gasteiger charge is 2.34.